The van der Waals surface area contributed by atoms with Crippen molar-refractivity contribution >= 4 is 0 Å². The van der Waals surface area contributed by atoms with Crippen LogP contribution in [0.3, 0.4) is 0 Å². The highest BCUT2D eigenvalue weighted by atomic mass is 16.5. The minimum atomic E-state index is 0.257. The first kappa shape index (κ1) is 14.2. The summed E-state index contributed by atoms with van der Waals surface area (Å²) in [4.78, 5) is 0. The third kappa shape index (κ3) is 3.21. The molecule has 0 aliphatic carbocycles. The first-order chi connectivity index (χ1) is 9.78. The Labute approximate surface area is 117 Å². The fourth-order valence-corrected chi connectivity index (χ4v) is 1.79. The van der Waals surface area contributed by atoms with Crippen molar-refractivity contribution in [2.45, 2.75) is 13.2 Å². The Kier molecular flexibility index (Phi) is 4.84. The number of ether oxygens (including phenoxy) is 3. The lowest BCUT2D eigenvalue weighted by Crippen LogP contribution is -2.04. The molecule has 0 atom stereocenters. The summed E-state index contributed by atoms with van der Waals surface area (Å²) in [5.41, 5.74) is 0.832. The minimum Gasteiger partial charge on any atom is -0.493 e. The molecule has 0 fully saturated rings. The highest BCUT2D eigenvalue weighted by Crippen LogP contribution is 2.37. The standard InChI is InChI=1S/C14H18N2O4/c1-15-8-10-7-11(20-16-10)9-19-14-12(17-2)5-4-6-13(14)18-3/h4-7,15H,8-9H2,1-3H3. The van der Waals surface area contributed by atoms with Gasteiger partial charge in [0.15, 0.2) is 17.3 Å². The van der Waals surface area contributed by atoms with Gasteiger partial charge >= 0.3 is 0 Å². The molecule has 0 radical (unpaired) electrons. The van der Waals surface area contributed by atoms with E-state index in [9.17, 15) is 0 Å². The predicted octanol–water partition coefficient (Wildman–Crippen LogP) is 1.99. The van der Waals surface area contributed by atoms with E-state index in [0.717, 1.165) is 5.69 Å². The van der Waals surface area contributed by atoms with Gasteiger partial charge in [0.25, 0.3) is 0 Å². The van der Waals surface area contributed by atoms with Gasteiger partial charge in [0.05, 0.1) is 19.9 Å². The predicted molar refractivity (Wildman–Crippen MR) is 73.1 cm³/mol. The molecule has 20 heavy (non-hydrogen) atoms. The largest absolute Gasteiger partial charge is 0.493 e. The van der Waals surface area contributed by atoms with E-state index >= 15 is 0 Å². The van der Waals surface area contributed by atoms with Crippen LogP contribution in [0.2, 0.25) is 0 Å². The maximum absolute atomic E-state index is 5.72. The number of methoxy groups -OCH3 is 2. The summed E-state index contributed by atoms with van der Waals surface area (Å²) >= 11 is 0. The minimum absolute atomic E-state index is 0.257. The molecular weight excluding hydrogens is 260 g/mol. The van der Waals surface area contributed by atoms with E-state index in [2.05, 4.69) is 10.5 Å². The summed E-state index contributed by atoms with van der Waals surface area (Å²) in [6.07, 6.45) is 0. The van der Waals surface area contributed by atoms with Gasteiger partial charge < -0.3 is 24.1 Å². The molecule has 0 aliphatic rings. The van der Waals surface area contributed by atoms with Crippen molar-refractivity contribution in [3.8, 4) is 17.2 Å². The van der Waals surface area contributed by atoms with Gasteiger partial charge in [-0.05, 0) is 19.2 Å². The average molecular weight is 278 g/mol. The number of hydrogen-bond donors (Lipinski definition) is 1. The number of benzene rings is 1. The molecule has 0 amide bonds. The summed E-state index contributed by atoms with van der Waals surface area (Å²) in [5.74, 6) is 2.41. The van der Waals surface area contributed by atoms with E-state index in [4.69, 9.17) is 18.7 Å². The quantitative estimate of drug-likeness (QED) is 0.835. The third-order valence-electron chi connectivity index (χ3n) is 2.71. The Hall–Kier alpha value is -2.21. The molecule has 108 valence electrons. The van der Waals surface area contributed by atoms with Crippen molar-refractivity contribution in [1.29, 1.82) is 0 Å². The Balaban J connectivity index is 2.09. The highest BCUT2D eigenvalue weighted by Gasteiger charge is 2.12. The van der Waals surface area contributed by atoms with Crippen LogP contribution in [0.1, 0.15) is 11.5 Å². The summed E-state index contributed by atoms with van der Waals surface area (Å²) in [6.45, 7) is 0.912. The summed E-state index contributed by atoms with van der Waals surface area (Å²) < 4.78 is 21.4. The zero-order valence-electron chi connectivity index (χ0n) is 11.8. The van der Waals surface area contributed by atoms with Crippen LogP contribution in [0.4, 0.5) is 0 Å². The van der Waals surface area contributed by atoms with E-state index in [-0.39, 0.29) is 6.61 Å². The second kappa shape index (κ2) is 6.81. The lowest BCUT2D eigenvalue weighted by molar-refractivity contribution is 0.228. The van der Waals surface area contributed by atoms with Crippen LogP contribution in [0.15, 0.2) is 28.8 Å². The normalized spacial score (nSPS) is 10.3. The molecule has 1 aromatic heterocycles. The Morgan fingerprint density at radius 3 is 2.50 bits per heavy atom. The van der Waals surface area contributed by atoms with Crippen molar-refractivity contribution in [3.63, 3.8) is 0 Å². The van der Waals surface area contributed by atoms with Gasteiger partial charge in [0.2, 0.25) is 5.75 Å². The monoisotopic (exact) mass is 278 g/mol. The molecule has 1 heterocycles. The van der Waals surface area contributed by atoms with E-state index < -0.39 is 0 Å². The first-order valence-corrected chi connectivity index (χ1v) is 6.21. The summed E-state index contributed by atoms with van der Waals surface area (Å²) in [5, 5.41) is 6.93. The van der Waals surface area contributed by atoms with Gasteiger partial charge in [-0.2, -0.15) is 0 Å². The Bertz CT molecular complexity index is 532. The van der Waals surface area contributed by atoms with E-state index in [1.807, 2.05) is 31.3 Å². The van der Waals surface area contributed by atoms with Crippen LogP contribution in [0, 0.1) is 0 Å². The fraction of sp³-hybridized carbons (Fsp3) is 0.357. The lowest BCUT2D eigenvalue weighted by atomic mass is 10.3. The van der Waals surface area contributed by atoms with E-state index in [1.165, 1.54) is 0 Å². The Morgan fingerprint density at radius 1 is 1.20 bits per heavy atom. The topological polar surface area (TPSA) is 65.8 Å². The van der Waals surface area contributed by atoms with Gasteiger partial charge in [-0.1, -0.05) is 11.2 Å². The molecule has 6 nitrogen and oxygen atoms in total. The molecule has 2 aromatic rings. The van der Waals surface area contributed by atoms with Crippen molar-refractivity contribution in [1.82, 2.24) is 10.5 Å². The highest BCUT2D eigenvalue weighted by molar-refractivity contribution is 5.51. The zero-order chi connectivity index (χ0) is 14.4. The molecule has 2 rings (SSSR count). The van der Waals surface area contributed by atoms with Crippen LogP contribution >= 0.6 is 0 Å². The van der Waals surface area contributed by atoms with Gasteiger partial charge in [-0.25, -0.2) is 0 Å². The molecule has 0 unspecified atom stereocenters. The van der Waals surface area contributed by atoms with Crippen molar-refractivity contribution < 1.29 is 18.7 Å². The fourth-order valence-electron chi connectivity index (χ4n) is 1.79. The maximum Gasteiger partial charge on any atom is 0.203 e. The number of hydrogen-bond acceptors (Lipinski definition) is 6. The molecule has 0 spiro atoms. The molecule has 0 saturated carbocycles. The van der Waals surface area contributed by atoms with Gasteiger partial charge in [0.1, 0.15) is 6.61 Å². The van der Waals surface area contributed by atoms with Crippen LogP contribution in [-0.2, 0) is 13.2 Å². The van der Waals surface area contributed by atoms with Crippen LogP contribution in [0.25, 0.3) is 0 Å². The van der Waals surface area contributed by atoms with E-state index in [0.29, 0.717) is 29.6 Å². The molecule has 0 aliphatic heterocycles. The molecule has 0 saturated heterocycles. The summed E-state index contributed by atoms with van der Waals surface area (Å²) in [6, 6.07) is 7.30. The number of rotatable bonds is 7. The van der Waals surface area contributed by atoms with Gasteiger partial charge in [-0.15, -0.1) is 0 Å². The SMILES string of the molecule is CNCc1cc(COc2c(OC)cccc2OC)on1. The second-order valence-corrected chi connectivity index (χ2v) is 4.10. The smallest absolute Gasteiger partial charge is 0.203 e. The number of para-hydroxylation sites is 1. The first-order valence-electron chi connectivity index (χ1n) is 6.21. The average Bonchev–Trinajstić information content (AvgIpc) is 2.92. The zero-order valence-corrected chi connectivity index (χ0v) is 11.8. The molecule has 1 aromatic carbocycles. The number of nitrogens with one attached hydrogen (secondary N) is 1. The Morgan fingerprint density at radius 2 is 1.90 bits per heavy atom. The van der Waals surface area contributed by atoms with E-state index in [1.54, 1.807) is 14.2 Å². The van der Waals surface area contributed by atoms with Crippen LogP contribution < -0.4 is 19.5 Å². The second-order valence-electron chi connectivity index (χ2n) is 4.10. The summed E-state index contributed by atoms with van der Waals surface area (Å²) in [7, 11) is 5.02. The van der Waals surface area contributed by atoms with Crippen LogP contribution in [0.5, 0.6) is 17.2 Å². The van der Waals surface area contributed by atoms with Crippen molar-refractivity contribution in [2.24, 2.45) is 0 Å². The van der Waals surface area contributed by atoms with Gasteiger partial charge in [-0.3, -0.25) is 0 Å². The molecular formula is C14H18N2O4. The maximum atomic E-state index is 5.72. The lowest BCUT2D eigenvalue weighted by Gasteiger charge is -2.12. The number of aromatic nitrogens is 1. The van der Waals surface area contributed by atoms with Crippen LogP contribution in [-0.4, -0.2) is 26.4 Å². The number of nitrogens with zero attached hydrogens (tertiary/aromatic N) is 1. The van der Waals surface area contributed by atoms with Crippen molar-refractivity contribution in [3.05, 3.63) is 35.7 Å². The molecule has 6 heteroatoms. The third-order valence-corrected chi connectivity index (χ3v) is 2.71. The van der Waals surface area contributed by atoms with Crippen molar-refractivity contribution in [2.75, 3.05) is 21.3 Å². The molecule has 0 bridgehead atoms. The van der Waals surface area contributed by atoms with Gasteiger partial charge in [0, 0.05) is 12.6 Å². The molecule has 1 N–H and O–H groups in total.